The third-order valence-corrected chi connectivity index (χ3v) is 6.56. The summed E-state index contributed by atoms with van der Waals surface area (Å²) in [4.78, 5) is 13.9. The lowest BCUT2D eigenvalue weighted by Crippen LogP contribution is -2.41. The van der Waals surface area contributed by atoms with Crippen molar-refractivity contribution in [3.63, 3.8) is 0 Å². The Hall–Kier alpha value is -0.660. The number of amides is 1. The van der Waals surface area contributed by atoms with E-state index >= 15 is 0 Å². The van der Waals surface area contributed by atoms with E-state index in [1.165, 1.54) is 0 Å². The lowest BCUT2D eigenvalue weighted by Gasteiger charge is -2.21. The molecule has 7 heteroatoms. The summed E-state index contributed by atoms with van der Waals surface area (Å²) >= 11 is 0. The van der Waals surface area contributed by atoms with E-state index in [0.29, 0.717) is 32.2 Å². The van der Waals surface area contributed by atoms with Gasteiger partial charge in [0.15, 0.2) is 0 Å². The molecule has 0 aromatic carbocycles. The van der Waals surface area contributed by atoms with E-state index < -0.39 is 10.0 Å². The molecule has 3 aliphatic rings. The van der Waals surface area contributed by atoms with Gasteiger partial charge < -0.3 is 5.32 Å². The summed E-state index contributed by atoms with van der Waals surface area (Å²) in [7, 11) is -3.07. The summed E-state index contributed by atoms with van der Waals surface area (Å²) in [6.07, 6.45) is 4.62. The fraction of sp³-hybridized carbons (Fsp3) is 0.923. The molecule has 0 aromatic rings. The molecular formula is C13H23N3O3S. The predicted octanol–water partition coefficient (Wildman–Crippen LogP) is -0.235. The summed E-state index contributed by atoms with van der Waals surface area (Å²) in [6.45, 7) is 2.97. The normalized spacial score (nSPS) is 26.2. The fourth-order valence-electron chi connectivity index (χ4n) is 2.64. The van der Waals surface area contributed by atoms with Crippen LogP contribution in [0.3, 0.4) is 0 Å². The van der Waals surface area contributed by atoms with E-state index in [1.807, 2.05) is 0 Å². The number of nitrogens with zero attached hydrogens (tertiary/aromatic N) is 2. The molecule has 1 aliphatic heterocycles. The second kappa shape index (κ2) is 5.61. The van der Waals surface area contributed by atoms with Gasteiger partial charge in [-0.25, -0.2) is 12.7 Å². The summed E-state index contributed by atoms with van der Waals surface area (Å²) in [6, 6.07) is 0.390. The van der Waals surface area contributed by atoms with Crippen LogP contribution in [0.1, 0.15) is 32.1 Å². The first-order valence-corrected chi connectivity index (χ1v) is 9.07. The van der Waals surface area contributed by atoms with E-state index in [1.54, 1.807) is 4.31 Å². The van der Waals surface area contributed by atoms with E-state index in [0.717, 1.165) is 38.6 Å². The maximum absolute atomic E-state index is 12.2. The van der Waals surface area contributed by atoms with Crippen molar-refractivity contribution < 1.29 is 13.2 Å². The number of sulfonamides is 1. The summed E-state index contributed by atoms with van der Waals surface area (Å²) in [5, 5.41) is 2.85. The predicted molar refractivity (Wildman–Crippen MR) is 75.7 cm³/mol. The topological polar surface area (TPSA) is 69.7 Å². The van der Waals surface area contributed by atoms with Crippen molar-refractivity contribution in [2.24, 2.45) is 0 Å². The summed E-state index contributed by atoms with van der Waals surface area (Å²) in [5.41, 5.74) is 0. The summed E-state index contributed by atoms with van der Waals surface area (Å²) < 4.78 is 26.1. The van der Waals surface area contributed by atoms with Crippen molar-refractivity contribution >= 4 is 15.9 Å². The Balaban J connectivity index is 1.49. The maximum atomic E-state index is 12.2. The molecule has 3 rings (SSSR count). The van der Waals surface area contributed by atoms with Crippen LogP contribution in [0.4, 0.5) is 0 Å². The molecule has 2 saturated carbocycles. The van der Waals surface area contributed by atoms with Crippen LogP contribution in [-0.2, 0) is 14.8 Å². The van der Waals surface area contributed by atoms with Gasteiger partial charge in [-0.05, 0) is 38.6 Å². The van der Waals surface area contributed by atoms with Crippen molar-refractivity contribution in [2.45, 2.75) is 43.4 Å². The Morgan fingerprint density at radius 1 is 1.05 bits per heavy atom. The zero-order valence-electron chi connectivity index (χ0n) is 11.8. The molecule has 0 aromatic heterocycles. The van der Waals surface area contributed by atoms with Gasteiger partial charge in [0.25, 0.3) is 0 Å². The van der Waals surface area contributed by atoms with E-state index in [9.17, 15) is 13.2 Å². The van der Waals surface area contributed by atoms with E-state index in [2.05, 4.69) is 10.2 Å². The first kappa shape index (κ1) is 14.3. The molecule has 0 bridgehead atoms. The number of carbonyl (C=O) groups is 1. The molecule has 0 radical (unpaired) electrons. The molecule has 6 nitrogen and oxygen atoms in total. The zero-order valence-corrected chi connectivity index (χ0v) is 12.6. The minimum Gasteiger partial charge on any atom is -0.352 e. The Morgan fingerprint density at radius 3 is 2.45 bits per heavy atom. The van der Waals surface area contributed by atoms with Gasteiger partial charge in [0.2, 0.25) is 15.9 Å². The highest BCUT2D eigenvalue weighted by Gasteiger charge is 2.40. The van der Waals surface area contributed by atoms with Gasteiger partial charge in [0, 0.05) is 25.7 Å². The first-order valence-electron chi connectivity index (χ1n) is 7.56. The van der Waals surface area contributed by atoms with Crippen LogP contribution >= 0.6 is 0 Å². The highest BCUT2D eigenvalue weighted by atomic mass is 32.2. The molecule has 114 valence electrons. The van der Waals surface area contributed by atoms with Crippen molar-refractivity contribution in [2.75, 3.05) is 32.7 Å². The molecule has 1 saturated heterocycles. The molecular weight excluding hydrogens is 278 g/mol. The van der Waals surface area contributed by atoms with Crippen LogP contribution in [0.15, 0.2) is 0 Å². The Bertz CT molecular complexity index is 471. The SMILES string of the molecule is O=C(CN1CCCN(S(=O)(=O)C2CC2)CC1)NC1CC1. The molecule has 1 heterocycles. The Morgan fingerprint density at radius 2 is 1.80 bits per heavy atom. The van der Waals surface area contributed by atoms with E-state index in [4.69, 9.17) is 0 Å². The number of hydrogen-bond donors (Lipinski definition) is 1. The van der Waals surface area contributed by atoms with Crippen LogP contribution in [0.2, 0.25) is 0 Å². The maximum Gasteiger partial charge on any atom is 0.234 e. The minimum atomic E-state index is -3.07. The van der Waals surface area contributed by atoms with Gasteiger partial charge in [0.05, 0.1) is 11.8 Å². The van der Waals surface area contributed by atoms with Crippen molar-refractivity contribution in [1.82, 2.24) is 14.5 Å². The second-order valence-electron chi connectivity index (χ2n) is 6.11. The van der Waals surface area contributed by atoms with Crippen LogP contribution in [-0.4, -0.2) is 67.5 Å². The lowest BCUT2D eigenvalue weighted by molar-refractivity contribution is -0.122. The third kappa shape index (κ3) is 3.51. The quantitative estimate of drug-likeness (QED) is 0.761. The Kier molecular flexibility index (Phi) is 4.01. The standard InChI is InChI=1S/C13H23N3O3S/c17-13(14-11-2-3-11)10-15-6-1-7-16(9-8-15)20(18,19)12-4-5-12/h11-12H,1-10H2,(H,14,17). The Labute approximate surface area is 120 Å². The molecule has 0 unspecified atom stereocenters. The fourth-order valence-corrected chi connectivity index (χ4v) is 4.51. The third-order valence-electron chi connectivity index (χ3n) is 4.16. The van der Waals surface area contributed by atoms with Gasteiger partial charge in [-0.15, -0.1) is 0 Å². The van der Waals surface area contributed by atoms with Gasteiger partial charge in [0.1, 0.15) is 0 Å². The molecule has 0 spiro atoms. The van der Waals surface area contributed by atoms with Crippen LogP contribution < -0.4 is 5.32 Å². The van der Waals surface area contributed by atoms with Crippen LogP contribution in [0.5, 0.6) is 0 Å². The lowest BCUT2D eigenvalue weighted by atomic mass is 10.4. The minimum absolute atomic E-state index is 0.0750. The number of carbonyl (C=O) groups excluding carboxylic acids is 1. The van der Waals surface area contributed by atoms with Gasteiger partial charge >= 0.3 is 0 Å². The molecule has 0 atom stereocenters. The molecule has 1 amide bonds. The highest BCUT2D eigenvalue weighted by Crippen LogP contribution is 2.31. The van der Waals surface area contributed by atoms with Gasteiger partial charge in [-0.1, -0.05) is 0 Å². The molecule has 3 fully saturated rings. The first-order chi connectivity index (χ1) is 9.55. The number of nitrogens with one attached hydrogen (secondary N) is 1. The number of hydrogen-bond acceptors (Lipinski definition) is 4. The zero-order chi connectivity index (χ0) is 14.2. The molecule has 1 N–H and O–H groups in total. The van der Waals surface area contributed by atoms with Crippen molar-refractivity contribution in [3.8, 4) is 0 Å². The van der Waals surface area contributed by atoms with Crippen LogP contribution in [0.25, 0.3) is 0 Å². The monoisotopic (exact) mass is 301 g/mol. The van der Waals surface area contributed by atoms with E-state index in [-0.39, 0.29) is 11.2 Å². The van der Waals surface area contributed by atoms with Gasteiger partial charge in [-0.3, -0.25) is 9.69 Å². The van der Waals surface area contributed by atoms with Crippen molar-refractivity contribution in [3.05, 3.63) is 0 Å². The molecule has 20 heavy (non-hydrogen) atoms. The highest BCUT2D eigenvalue weighted by molar-refractivity contribution is 7.90. The average molecular weight is 301 g/mol. The van der Waals surface area contributed by atoms with Crippen LogP contribution in [0, 0.1) is 0 Å². The second-order valence-corrected chi connectivity index (χ2v) is 8.33. The largest absolute Gasteiger partial charge is 0.352 e. The smallest absolute Gasteiger partial charge is 0.234 e. The van der Waals surface area contributed by atoms with Gasteiger partial charge in [-0.2, -0.15) is 0 Å². The average Bonchev–Trinajstić information content (AvgIpc) is 3.25. The van der Waals surface area contributed by atoms with Crippen molar-refractivity contribution in [1.29, 1.82) is 0 Å². The summed E-state index contributed by atoms with van der Waals surface area (Å²) in [5.74, 6) is 0.0750. The number of rotatable bonds is 5. The molecule has 2 aliphatic carbocycles.